The van der Waals surface area contributed by atoms with Gasteiger partial charge in [-0.1, -0.05) is 72.8 Å². The molecule has 624 valence electrons. The van der Waals surface area contributed by atoms with Crippen LogP contribution in [-0.4, -0.2) is 210 Å². The maximum absolute atomic E-state index is 14.1. The Bertz CT molecular complexity index is 5420. The lowest BCUT2D eigenvalue weighted by Gasteiger charge is -2.21. The van der Waals surface area contributed by atoms with Gasteiger partial charge in [-0.2, -0.15) is 30.6 Å². The normalized spacial score (nSPS) is 17.4. The highest BCUT2D eigenvalue weighted by Gasteiger charge is 2.39. The summed E-state index contributed by atoms with van der Waals surface area (Å²) >= 11 is 0. The molecule has 15 rings (SSSR count). The fourth-order valence-electron chi connectivity index (χ4n) is 15.5. The molecule has 0 bridgehead atoms. The summed E-state index contributed by atoms with van der Waals surface area (Å²) in [5.41, 5.74) is 14.0. The Hall–Kier alpha value is -12.2. The van der Waals surface area contributed by atoms with Crippen molar-refractivity contribution in [2.75, 3.05) is 116 Å². The number of nitrogens with zero attached hydrogens (tertiary/aromatic N) is 15. The zero-order chi connectivity index (χ0) is 84.3. The zero-order valence-electron chi connectivity index (χ0n) is 68.7. The van der Waals surface area contributed by atoms with Gasteiger partial charge in [-0.05, 0) is 149 Å². The average Bonchev–Trinajstić information content (AvgIpc) is 1.63. The number of hydrogen-bond donors (Lipinski definition) is 6. The minimum atomic E-state index is -0.907. The summed E-state index contributed by atoms with van der Waals surface area (Å²) in [6.45, 7) is 18.9. The van der Waals surface area contributed by atoms with Crippen molar-refractivity contribution in [3.05, 3.63) is 249 Å². The molecule has 6 aromatic heterocycles. The molecule has 9 heterocycles. The van der Waals surface area contributed by atoms with Crippen LogP contribution in [0.25, 0.3) is 51.2 Å². The summed E-state index contributed by atoms with van der Waals surface area (Å²) in [6.07, 6.45) is 0. The summed E-state index contributed by atoms with van der Waals surface area (Å²) in [4.78, 5) is 46.9. The number of nitrogens with one attached hydrogen (secondary N) is 6. The van der Waals surface area contributed by atoms with Crippen LogP contribution in [0.2, 0.25) is 0 Å². The second kappa shape index (κ2) is 38.0. The van der Waals surface area contributed by atoms with Crippen LogP contribution in [0.3, 0.4) is 0 Å². The topological polar surface area (TPSA) is 268 Å². The van der Waals surface area contributed by atoms with Crippen LogP contribution in [0, 0.1) is 70.6 Å². The highest BCUT2D eigenvalue weighted by molar-refractivity contribution is 5.93. The van der Waals surface area contributed by atoms with E-state index in [1.165, 1.54) is 30.3 Å². The van der Waals surface area contributed by atoms with Gasteiger partial charge in [0.25, 0.3) is 0 Å². The lowest BCUT2D eigenvalue weighted by atomic mass is 9.94. The van der Waals surface area contributed by atoms with E-state index in [2.05, 4.69) is 61.9 Å². The molecule has 119 heavy (non-hydrogen) atoms. The second-order valence-corrected chi connectivity index (χ2v) is 30.2. The van der Waals surface area contributed by atoms with Crippen molar-refractivity contribution in [3.63, 3.8) is 0 Å². The minimum absolute atomic E-state index is 0.0143. The molecule has 32 heteroatoms. The summed E-state index contributed by atoms with van der Waals surface area (Å²) < 4.78 is 95.7. The number of halogens is 5. The molecule has 3 fully saturated rings. The molecule has 0 radical (unpaired) electrons. The minimum Gasteiger partial charge on any atom is -0.383 e. The lowest BCUT2D eigenvalue weighted by molar-refractivity contribution is 0.159. The molecule has 0 unspecified atom stereocenters. The molecule has 6 aromatic carbocycles. The van der Waals surface area contributed by atoms with Gasteiger partial charge in [-0.25, -0.2) is 50.4 Å². The monoisotopic (exact) mass is 1630 g/mol. The largest absolute Gasteiger partial charge is 0.383 e. The Kier molecular flexibility index (Phi) is 27.1. The summed E-state index contributed by atoms with van der Waals surface area (Å²) in [6, 6.07) is 46.5. The van der Waals surface area contributed by atoms with E-state index in [0.29, 0.717) is 123 Å². The first-order valence-corrected chi connectivity index (χ1v) is 39.3. The van der Waals surface area contributed by atoms with E-state index >= 15 is 0 Å². The Labute approximate surface area is 687 Å². The second-order valence-electron chi connectivity index (χ2n) is 30.2. The van der Waals surface area contributed by atoms with Crippen molar-refractivity contribution in [1.82, 2.24) is 89.3 Å². The van der Waals surface area contributed by atoms with Gasteiger partial charge >= 0.3 is 18.1 Å². The van der Waals surface area contributed by atoms with Gasteiger partial charge in [0, 0.05) is 159 Å². The van der Waals surface area contributed by atoms with Gasteiger partial charge in [0.2, 0.25) is 0 Å². The SMILES string of the molecule is COCCN1C[C@@H](NC(=O)Nc2c(C)c(-c3cc(C)n(C)n3)nn2-c2ccccc2)[C@H](c2cc(F)cc(F)c2)C1.COCCN1C[C@@H](NC(=O)Nc2c(C)c(-c3cc(C)n(C)n3)nn2-c2ccccc2)[C@H](c2ccc(F)c(F)c2)C1.COCCN1C[C@@H](NC(=O)Nc2c(C)c(-c3cc(C)n(C)n3)nn2-c2ccccc2)[C@H](c2ccc(F)cc2)C1. The molecule has 27 nitrogen and oxygen atoms in total. The first kappa shape index (κ1) is 84.7. The molecular weight excluding hydrogens is 1530 g/mol. The molecule has 3 aliphatic heterocycles. The molecule has 3 aliphatic rings. The number of aromatic nitrogens is 12. The van der Waals surface area contributed by atoms with E-state index in [-0.39, 0.29) is 47.7 Å². The number of rotatable bonds is 24. The number of amides is 6. The van der Waals surface area contributed by atoms with Gasteiger partial charge in [-0.3, -0.25) is 44.7 Å². The third kappa shape index (κ3) is 20.0. The Morgan fingerprint density at radius 3 is 0.992 bits per heavy atom. The molecule has 12 aromatic rings. The van der Waals surface area contributed by atoms with Crippen LogP contribution in [0.5, 0.6) is 0 Å². The number of likely N-dealkylation sites (tertiary alicyclic amines) is 3. The van der Waals surface area contributed by atoms with Gasteiger partial charge in [0.05, 0.1) is 55.0 Å². The van der Waals surface area contributed by atoms with Crippen LogP contribution in [0.4, 0.5) is 53.8 Å². The van der Waals surface area contributed by atoms with Crippen LogP contribution < -0.4 is 31.9 Å². The number of aryl methyl sites for hydroxylation is 6. The molecule has 0 spiro atoms. The van der Waals surface area contributed by atoms with Gasteiger partial charge in [-0.15, -0.1) is 0 Å². The van der Waals surface area contributed by atoms with E-state index in [9.17, 15) is 36.3 Å². The van der Waals surface area contributed by atoms with Crippen molar-refractivity contribution in [1.29, 1.82) is 0 Å². The van der Waals surface area contributed by atoms with E-state index in [1.54, 1.807) is 67.6 Å². The van der Waals surface area contributed by atoms with Crippen LogP contribution in [-0.2, 0) is 35.4 Å². The fraction of sp³-hybridized carbons (Fsp3) is 0.345. The number of ether oxygens (including phenoxy) is 3. The van der Waals surface area contributed by atoms with Crippen LogP contribution in [0.1, 0.15) is 68.2 Å². The van der Waals surface area contributed by atoms with E-state index in [4.69, 9.17) is 29.5 Å². The number of benzene rings is 6. The molecule has 0 saturated carbocycles. The first-order valence-electron chi connectivity index (χ1n) is 39.3. The third-order valence-corrected chi connectivity index (χ3v) is 22.1. The highest BCUT2D eigenvalue weighted by atomic mass is 19.2. The Morgan fingerprint density at radius 2 is 0.681 bits per heavy atom. The van der Waals surface area contributed by atoms with E-state index in [1.807, 2.05) is 172 Å². The first-order chi connectivity index (χ1) is 57.3. The van der Waals surface area contributed by atoms with Crippen molar-refractivity contribution in [2.24, 2.45) is 21.1 Å². The number of para-hydroxylation sites is 3. The van der Waals surface area contributed by atoms with Crippen molar-refractivity contribution < 1.29 is 50.5 Å². The van der Waals surface area contributed by atoms with Gasteiger partial charge in [0.1, 0.15) is 69.1 Å². The van der Waals surface area contributed by atoms with Gasteiger partial charge < -0.3 is 30.2 Å². The summed E-state index contributed by atoms with van der Waals surface area (Å²) in [5, 5.41) is 46.6. The molecule has 6 atom stereocenters. The number of anilines is 3. The maximum Gasteiger partial charge on any atom is 0.320 e. The average molecular weight is 1630 g/mol. The standard InChI is InChI=1S/2C29H33F2N7O2.C29H34FN7O2/c1-18-12-25(34-36(18)3)27-19(2)28(38(35-27)23-8-6-5-7-9-23)33-29(39)32-26-17-37(10-11-40-4)16-24(26)20-13-21(30)15-22(31)14-20;1-18-14-25(34-36(18)3)27-19(2)28(38(35-27)21-8-6-5-7-9-21)33-29(39)32-26-17-37(12-13-40-4)16-22(26)20-10-11-23(30)24(31)15-20;1-19-16-25(33-35(19)3)27-20(2)28(37(34-27)23-8-6-5-7-9-23)32-29(38)31-26-18-36(14-15-39-4)17-24(26)21-10-12-22(30)13-11-21/h5-9,12-15,24,26H,10-11,16-17H2,1-4H3,(H2,32,33,39);5-11,14-15,22,26H,12-13,16-17H2,1-4H3,(H2,32,33,39);5-13,16,24,26H,14-15,17-18H2,1-4H3,(H2,31,32,38)/t24-,26+;22-,26+;24-,26+/m000/s1. The van der Waals surface area contributed by atoms with Crippen molar-refractivity contribution >= 4 is 35.5 Å². The third-order valence-electron chi connectivity index (χ3n) is 22.1. The number of urea groups is 3. The fourth-order valence-corrected chi connectivity index (χ4v) is 15.5. The molecule has 0 aliphatic carbocycles. The van der Waals surface area contributed by atoms with Crippen LogP contribution >= 0.6 is 0 Å². The zero-order valence-corrected chi connectivity index (χ0v) is 68.7. The number of hydrogen-bond acceptors (Lipinski definition) is 15. The van der Waals surface area contributed by atoms with Crippen molar-refractivity contribution in [3.8, 4) is 51.2 Å². The predicted molar refractivity (Wildman–Crippen MR) is 446 cm³/mol. The van der Waals surface area contributed by atoms with Gasteiger partial charge in [0.15, 0.2) is 11.6 Å². The molecule has 3 saturated heterocycles. The van der Waals surface area contributed by atoms with E-state index in [0.717, 1.165) is 87.3 Å². The summed E-state index contributed by atoms with van der Waals surface area (Å²) in [7, 11) is 10.6. The summed E-state index contributed by atoms with van der Waals surface area (Å²) in [5.74, 6) is -2.31. The lowest BCUT2D eigenvalue weighted by Crippen LogP contribution is -2.42. The van der Waals surface area contributed by atoms with E-state index < -0.39 is 35.3 Å². The quantitative estimate of drug-likeness (QED) is 0.0307. The highest BCUT2D eigenvalue weighted by Crippen LogP contribution is 2.37. The Morgan fingerprint density at radius 1 is 0.361 bits per heavy atom. The Balaban J connectivity index is 0.000000155. The van der Waals surface area contributed by atoms with Crippen molar-refractivity contribution in [2.45, 2.75) is 77.4 Å². The molecule has 6 amide bonds. The smallest absolute Gasteiger partial charge is 0.320 e. The van der Waals surface area contributed by atoms with Crippen LogP contribution in [0.15, 0.2) is 170 Å². The molecular formula is C87H100F5N21O6. The molecule has 6 N–H and O–H groups in total. The number of carbonyl (C=O) groups is 3. The predicted octanol–water partition coefficient (Wildman–Crippen LogP) is 13.1. The number of carbonyl (C=O) groups excluding carboxylic acids is 3. The maximum atomic E-state index is 14.1. The number of methoxy groups -OCH3 is 3.